The topological polar surface area (TPSA) is 50.2 Å². The molecule has 26 heavy (non-hydrogen) atoms. The van der Waals surface area contributed by atoms with Gasteiger partial charge in [0, 0.05) is 32.3 Å². The van der Waals surface area contributed by atoms with Crippen LogP contribution in [0.25, 0.3) is 10.8 Å². The van der Waals surface area contributed by atoms with E-state index in [0.29, 0.717) is 5.92 Å². The lowest BCUT2D eigenvalue weighted by Gasteiger charge is -2.21. The van der Waals surface area contributed by atoms with Gasteiger partial charge in [0.15, 0.2) is 0 Å². The largest absolute Gasteiger partial charge is 0.331 e. The highest BCUT2D eigenvalue weighted by Crippen LogP contribution is 2.27. The summed E-state index contributed by atoms with van der Waals surface area (Å²) < 4.78 is 1.82. The van der Waals surface area contributed by atoms with Crippen LogP contribution in [0.3, 0.4) is 0 Å². The first-order valence-electron chi connectivity index (χ1n) is 9.13. The van der Waals surface area contributed by atoms with Crippen LogP contribution in [0, 0.1) is 0 Å². The molecular weight excluding hydrogens is 324 g/mol. The number of hydrogen-bond acceptors (Lipinski definition) is 2. The average molecular weight is 348 g/mol. The van der Waals surface area contributed by atoms with Gasteiger partial charge >= 0.3 is 6.03 Å². The van der Waals surface area contributed by atoms with Gasteiger partial charge in [0.25, 0.3) is 0 Å². The number of hydrogen-bond donors (Lipinski definition) is 1. The molecule has 134 valence electrons. The number of nitrogens with one attached hydrogen (secondary N) is 1. The molecule has 0 bridgehead atoms. The molecule has 1 aromatic heterocycles. The summed E-state index contributed by atoms with van der Waals surface area (Å²) >= 11 is 0. The number of benzene rings is 2. The van der Waals surface area contributed by atoms with Crippen molar-refractivity contribution in [1.82, 2.24) is 20.0 Å². The summed E-state index contributed by atoms with van der Waals surface area (Å²) in [6.07, 6.45) is 4.94. The fourth-order valence-electron chi connectivity index (χ4n) is 3.70. The van der Waals surface area contributed by atoms with Crippen molar-refractivity contribution < 1.29 is 4.79 Å². The van der Waals surface area contributed by atoms with E-state index in [4.69, 9.17) is 0 Å². The molecule has 0 aliphatic carbocycles. The van der Waals surface area contributed by atoms with Crippen molar-refractivity contribution in [1.29, 1.82) is 0 Å². The molecule has 1 N–H and O–H groups in total. The predicted molar refractivity (Wildman–Crippen MR) is 103 cm³/mol. The highest BCUT2D eigenvalue weighted by Gasteiger charge is 2.28. The van der Waals surface area contributed by atoms with Crippen molar-refractivity contribution in [3.63, 3.8) is 0 Å². The van der Waals surface area contributed by atoms with E-state index in [1.54, 1.807) is 0 Å². The van der Waals surface area contributed by atoms with Gasteiger partial charge in [0.1, 0.15) is 0 Å². The Hall–Kier alpha value is -2.82. The Labute approximate surface area is 153 Å². The van der Waals surface area contributed by atoms with Crippen molar-refractivity contribution in [2.24, 2.45) is 7.05 Å². The molecule has 1 saturated heterocycles. The smallest absolute Gasteiger partial charge is 0.317 e. The van der Waals surface area contributed by atoms with Crippen molar-refractivity contribution in [3.05, 3.63) is 66.0 Å². The third-order valence-corrected chi connectivity index (χ3v) is 5.29. The number of rotatable bonds is 3. The summed E-state index contributed by atoms with van der Waals surface area (Å²) in [5.74, 6) is 0.380. The predicted octanol–water partition coefficient (Wildman–Crippen LogP) is 3.83. The lowest BCUT2D eigenvalue weighted by atomic mass is 10.0. The van der Waals surface area contributed by atoms with Crippen molar-refractivity contribution in [3.8, 4) is 0 Å². The van der Waals surface area contributed by atoms with Gasteiger partial charge in [0.05, 0.1) is 12.2 Å². The van der Waals surface area contributed by atoms with Crippen LogP contribution in [-0.4, -0.2) is 33.8 Å². The fraction of sp³-hybridized carbons (Fsp3) is 0.333. The van der Waals surface area contributed by atoms with Crippen LogP contribution in [0.1, 0.15) is 36.4 Å². The average Bonchev–Trinajstić information content (AvgIpc) is 3.30. The van der Waals surface area contributed by atoms with Crippen LogP contribution in [0.4, 0.5) is 4.79 Å². The number of likely N-dealkylation sites (tertiary alicyclic amines) is 1. The van der Waals surface area contributed by atoms with E-state index in [2.05, 4.69) is 40.7 Å². The first-order chi connectivity index (χ1) is 12.6. The maximum Gasteiger partial charge on any atom is 0.317 e. The van der Waals surface area contributed by atoms with Gasteiger partial charge < -0.3 is 10.2 Å². The third-order valence-electron chi connectivity index (χ3n) is 5.29. The number of aryl methyl sites for hydroxylation is 1. The maximum absolute atomic E-state index is 12.7. The van der Waals surface area contributed by atoms with Crippen molar-refractivity contribution in [2.45, 2.75) is 25.3 Å². The highest BCUT2D eigenvalue weighted by molar-refractivity contribution is 5.83. The Bertz CT molecular complexity index is 932. The maximum atomic E-state index is 12.7. The van der Waals surface area contributed by atoms with Gasteiger partial charge in [-0.15, -0.1) is 0 Å². The second-order valence-electron chi connectivity index (χ2n) is 7.16. The summed E-state index contributed by atoms with van der Waals surface area (Å²) in [6, 6.07) is 14.6. The minimum atomic E-state index is -0.0236. The normalized spacial score (nSPS) is 18.2. The van der Waals surface area contributed by atoms with Crippen LogP contribution in [-0.2, 0) is 7.05 Å². The summed E-state index contributed by atoms with van der Waals surface area (Å²) in [5, 5.41) is 9.80. The quantitative estimate of drug-likeness (QED) is 0.782. The molecule has 5 nitrogen and oxygen atoms in total. The molecule has 1 aliphatic heterocycles. The van der Waals surface area contributed by atoms with Crippen LogP contribution in [0.15, 0.2) is 54.9 Å². The van der Waals surface area contributed by atoms with E-state index in [1.807, 2.05) is 48.1 Å². The molecule has 5 heteroatoms. The summed E-state index contributed by atoms with van der Waals surface area (Å²) in [4.78, 5) is 14.6. The Kier molecular flexibility index (Phi) is 4.37. The summed E-state index contributed by atoms with van der Waals surface area (Å²) in [7, 11) is 1.92. The van der Waals surface area contributed by atoms with E-state index in [0.717, 1.165) is 25.1 Å². The van der Waals surface area contributed by atoms with Gasteiger partial charge in [0.2, 0.25) is 0 Å². The number of nitrogens with zero attached hydrogens (tertiary/aromatic N) is 3. The Morgan fingerprint density at radius 2 is 2.04 bits per heavy atom. The monoisotopic (exact) mass is 348 g/mol. The Morgan fingerprint density at radius 1 is 1.23 bits per heavy atom. The molecule has 3 aromatic rings. The molecule has 0 radical (unpaired) electrons. The van der Waals surface area contributed by atoms with Crippen LogP contribution in [0.2, 0.25) is 0 Å². The minimum absolute atomic E-state index is 0.0112. The first-order valence-corrected chi connectivity index (χ1v) is 9.13. The van der Waals surface area contributed by atoms with Crippen molar-refractivity contribution in [2.75, 3.05) is 13.1 Å². The van der Waals surface area contributed by atoms with E-state index in [1.165, 1.54) is 16.3 Å². The molecule has 0 saturated carbocycles. The second-order valence-corrected chi connectivity index (χ2v) is 7.16. The molecule has 1 aliphatic rings. The van der Waals surface area contributed by atoms with Gasteiger partial charge in [-0.2, -0.15) is 5.10 Å². The van der Waals surface area contributed by atoms with Crippen LogP contribution in [0.5, 0.6) is 0 Å². The number of amides is 2. The number of aromatic nitrogens is 2. The summed E-state index contributed by atoms with van der Waals surface area (Å²) in [5.41, 5.74) is 2.34. The highest BCUT2D eigenvalue weighted by atomic mass is 16.2. The molecule has 2 atom stereocenters. The second kappa shape index (κ2) is 6.83. The van der Waals surface area contributed by atoms with Crippen molar-refractivity contribution >= 4 is 16.8 Å². The molecule has 2 amide bonds. The van der Waals surface area contributed by atoms with E-state index in [-0.39, 0.29) is 12.1 Å². The van der Waals surface area contributed by atoms with Gasteiger partial charge in [-0.05, 0) is 41.3 Å². The third kappa shape index (κ3) is 3.29. The van der Waals surface area contributed by atoms with E-state index in [9.17, 15) is 4.79 Å². The van der Waals surface area contributed by atoms with Gasteiger partial charge in [-0.1, -0.05) is 36.4 Å². The molecule has 1 fully saturated rings. The van der Waals surface area contributed by atoms with Gasteiger partial charge in [-0.3, -0.25) is 4.68 Å². The molecule has 2 aromatic carbocycles. The SMILES string of the molecule is C[C@H](NC(=O)N1CC[C@H](c2cnn(C)c2)C1)c1ccc2ccccc2c1. The zero-order valence-electron chi connectivity index (χ0n) is 15.2. The molecule has 4 rings (SSSR count). The lowest BCUT2D eigenvalue weighted by Crippen LogP contribution is -2.39. The Morgan fingerprint density at radius 3 is 2.81 bits per heavy atom. The number of urea groups is 1. The standard InChI is InChI=1S/C21H24N4O/c1-15(17-8-7-16-5-3-4-6-18(16)11-17)23-21(26)25-10-9-19(14-25)20-12-22-24(2)13-20/h3-8,11-13,15,19H,9-10,14H2,1-2H3,(H,23,26)/t15-,19-/m0/s1. The van der Waals surface area contributed by atoms with Crippen LogP contribution < -0.4 is 5.32 Å². The molecule has 2 heterocycles. The molecule has 0 spiro atoms. The fourth-order valence-corrected chi connectivity index (χ4v) is 3.70. The zero-order chi connectivity index (χ0) is 18.1. The number of carbonyl (C=O) groups excluding carboxylic acids is 1. The lowest BCUT2D eigenvalue weighted by molar-refractivity contribution is 0.205. The number of carbonyl (C=O) groups is 1. The molecule has 0 unspecified atom stereocenters. The van der Waals surface area contributed by atoms with Crippen LogP contribution >= 0.6 is 0 Å². The first kappa shape index (κ1) is 16.6. The summed E-state index contributed by atoms with van der Waals surface area (Å²) in [6.45, 7) is 3.58. The van der Waals surface area contributed by atoms with E-state index >= 15 is 0 Å². The molecular formula is C21H24N4O. The Balaban J connectivity index is 1.40. The number of fused-ring (bicyclic) bond motifs is 1. The minimum Gasteiger partial charge on any atom is -0.331 e. The van der Waals surface area contributed by atoms with Gasteiger partial charge in [-0.25, -0.2) is 4.79 Å². The van der Waals surface area contributed by atoms with E-state index < -0.39 is 0 Å². The zero-order valence-corrected chi connectivity index (χ0v) is 15.2.